The van der Waals surface area contributed by atoms with Crippen molar-refractivity contribution in [2.75, 3.05) is 19.4 Å². The summed E-state index contributed by atoms with van der Waals surface area (Å²) < 4.78 is 22.2. The highest BCUT2D eigenvalue weighted by atomic mass is 31.2. The lowest BCUT2D eigenvalue weighted by atomic mass is 10.1. The Morgan fingerprint density at radius 2 is 1.82 bits per heavy atom. The topological polar surface area (TPSA) is 98.9 Å². The van der Waals surface area contributed by atoms with E-state index in [-0.39, 0.29) is 0 Å². The maximum absolute atomic E-state index is 12.0. The van der Waals surface area contributed by atoms with Crippen molar-refractivity contribution in [3.8, 4) is 0 Å². The number of carbonyl (C=O) groups is 1. The highest BCUT2D eigenvalue weighted by molar-refractivity contribution is 7.53. The van der Waals surface area contributed by atoms with Gasteiger partial charge in [0.15, 0.2) is 0 Å². The van der Waals surface area contributed by atoms with Crippen molar-refractivity contribution in [1.82, 2.24) is 0 Å². The van der Waals surface area contributed by atoms with Crippen molar-refractivity contribution < 1.29 is 23.5 Å². The molecule has 0 aliphatic rings. The van der Waals surface area contributed by atoms with Crippen molar-refractivity contribution in [3.05, 3.63) is 0 Å². The Morgan fingerprint density at radius 3 is 2.24 bits per heavy atom. The van der Waals surface area contributed by atoms with E-state index >= 15 is 0 Å². The van der Waals surface area contributed by atoms with Crippen molar-refractivity contribution in [2.45, 2.75) is 39.2 Å². The molecule has 0 aliphatic heterocycles. The number of carboxylic acid groups (broad SMARTS) is 1. The standard InChI is InChI=1S/C10H22NO5P/c1-3-15-17(14,16-4-2)8-6-5-7-9(11)10(12)13/h9H,3-8,11H2,1-2H3,(H,12,13)/t9-/m0/s1. The van der Waals surface area contributed by atoms with Gasteiger partial charge in [0.05, 0.1) is 19.4 Å². The molecular formula is C10H22NO5P. The summed E-state index contributed by atoms with van der Waals surface area (Å²) in [4.78, 5) is 10.5. The van der Waals surface area contributed by atoms with E-state index in [1.807, 2.05) is 0 Å². The van der Waals surface area contributed by atoms with Crippen LogP contribution < -0.4 is 5.73 Å². The molecule has 0 amide bonds. The van der Waals surface area contributed by atoms with Gasteiger partial charge in [0.1, 0.15) is 6.04 Å². The van der Waals surface area contributed by atoms with Crippen molar-refractivity contribution >= 4 is 13.6 Å². The van der Waals surface area contributed by atoms with Gasteiger partial charge in [-0.05, 0) is 26.7 Å². The van der Waals surface area contributed by atoms with E-state index in [4.69, 9.17) is 19.9 Å². The minimum Gasteiger partial charge on any atom is -0.480 e. The monoisotopic (exact) mass is 267 g/mol. The van der Waals surface area contributed by atoms with Crippen LogP contribution in [0.5, 0.6) is 0 Å². The first-order chi connectivity index (χ1) is 7.95. The molecule has 0 saturated carbocycles. The molecule has 0 aromatic rings. The molecule has 0 rings (SSSR count). The molecule has 3 N–H and O–H groups in total. The SMILES string of the molecule is CCOP(=O)(CCCC[C@H](N)C(=O)O)OCC. The number of aliphatic carboxylic acids is 1. The molecule has 17 heavy (non-hydrogen) atoms. The first-order valence-corrected chi connectivity index (χ1v) is 7.54. The fraction of sp³-hybridized carbons (Fsp3) is 0.900. The Kier molecular flexibility index (Phi) is 8.43. The van der Waals surface area contributed by atoms with Gasteiger partial charge < -0.3 is 19.9 Å². The number of carboxylic acids is 1. The summed E-state index contributed by atoms with van der Waals surface area (Å²) in [7, 11) is -2.99. The van der Waals surface area contributed by atoms with Gasteiger partial charge in [-0.1, -0.05) is 6.42 Å². The molecule has 0 aromatic heterocycles. The predicted molar refractivity (Wildman–Crippen MR) is 65.2 cm³/mol. The van der Waals surface area contributed by atoms with Crippen LogP contribution in [0, 0.1) is 0 Å². The smallest absolute Gasteiger partial charge is 0.330 e. The molecule has 0 radical (unpaired) electrons. The highest BCUT2D eigenvalue weighted by Gasteiger charge is 2.22. The molecule has 0 fully saturated rings. The van der Waals surface area contributed by atoms with Crippen LogP contribution in [0.15, 0.2) is 0 Å². The molecule has 0 heterocycles. The number of nitrogens with two attached hydrogens (primary N) is 1. The summed E-state index contributed by atoms with van der Waals surface area (Å²) in [5.74, 6) is -1.01. The summed E-state index contributed by atoms with van der Waals surface area (Å²) in [6.45, 7) is 4.19. The second-order valence-electron chi connectivity index (χ2n) is 3.61. The molecule has 102 valence electrons. The van der Waals surface area contributed by atoms with Crippen LogP contribution in [-0.2, 0) is 18.4 Å². The fourth-order valence-electron chi connectivity index (χ4n) is 1.35. The summed E-state index contributed by atoms with van der Waals surface area (Å²) in [5, 5.41) is 8.58. The minimum atomic E-state index is -2.99. The molecule has 7 heteroatoms. The summed E-state index contributed by atoms with van der Waals surface area (Å²) in [5.41, 5.74) is 5.35. The largest absolute Gasteiger partial charge is 0.480 e. The average Bonchev–Trinajstić information content (AvgIpc) is 2.24. The molecule has 0 aliphatic carbocycles. The van der Waals surface area contributed by atoms with Crippen LogP contribution in [0.1, 0.15) is 33.1 Å². The number of rotatable bonds is 10. The Labute approximate surface area is 102 Å². The predicted octanol–water partition coefficient (Wildman–Crippen LogP) is 1.83. The van der Waals surface area contributed by atoms with Gasteiger partial charge in [-0.2, -0.15) is 0 Å². The summed E-state index contributed by atoms with van der Waals surface area (Å²) in [6.07, 6.45) is 1.85. The lowest BCUT2D eigenvalue weighted by molar-refractivity contribution is -0.138. The lowest BCUT2D eigenvalue weighted by Gasteiger charge is -2.16. The van der Waals surface area contributed by atoms with E-state index in [1.54, 1.807) is 13.8 Å². The quantitative estimate of drug-likeness (QED) is 0.463. The zero-order valence-corrected chi connectivity index (χ0v) is 11.3. The molecule has 0 aromatic carbocycles. The molecule has 0 bridgehead atoms. The normalized spacial score (nSPS) is 13.6. The molecular weight excluding hydrogens is 245 g/mol. The second kappa shape index (κ2) is 8.64. The van der Waals surface area contributed by atoms with Gasteiger partial charge in [0.2, 0.25) is 0 Å². The van der Waals surface area contributed by atoms with E-state index in [1.165, 1.54) is 0 Å². The molecule has 0 saturated heterocycles. The highest BCUT2D eigenvalue weighted by Crippen LogP contribution is 2.48. The zero-order valence-electron chi connectivity index (χ0n) is 10.4. The number of unbranched alkanes of at least 4 members (excludes halogenated alkanes) is 1. The van der Waals surface area contributed by atoms with Crippen LogP contribution >= 0.6 is 7.60 Å². The van der Waals surface area contributed by atoms with E-state index < -0.39 is 19.6 Å². The van der Waals surface area contributed by atoms with Gasteiger partial charge >= 0.3 is 13.6 Å². The van der Waals surface area contributed by atoms with E-state index in [9.17, 15) is 9.36 Å². The van der Waals surface area contributed by atoms with Crippen molar-refractivity contribution in [1.29, 1.82) is 0 Å². The Hall–Kier alpha value is -0.420. The lowest BCUT2D eigenvalue weighted by Crippen LogP contribution is -2.29. The van der Waals surface area contributed by atoms with Gasteiger partial charge in [-0.25, -0.2) is 0 Å². The van der Waals surface area contributed by atoms with Crippen LogP contribution in [0.4, 0.5) is 0 Å². The van der Waals surface area contributed by atoms with E-state index in [0.29, 0.717) is 38.6 Å². The maximum Gasteiger partial charge on any atom is 0.330 e. The first kappa shape index (κ1) is 16.6. The van der Waals surface area contributed by atoms with Crippen molar-refractivity contribution in [2.24, 2.45) is 5.73 Å². The van der Waals surface area contributed by atoms with Crippen molar-refractivity contribution in [3.63, 3.8) is 0 Å². The van der Waals surface area contributed by atoms with E-state index in [2.05, 4.69) is 0 Å². The fourth-order valence-corrected chi connectivity index (χ4v) is 3.08. The van der Waals surface area contributed by atoms with E-state index in [0.717, 1.165) is 0 Å². The van der Waals surface area contributed by atoms with Crippen LogP contribution in [-0.4, -0.2) is 36.5 Å². The summed E-state index contributed by atoms with van der Waals surface area (Å²) in [6, 6.07) is -0.853. The maximum atomic E-state index is 12.0. The van der Waals surface area contributed by atoms with Crippen LogP contribution in [0.25, 0.3) is 0 Å². The Bertz CT molecular complexity index is 261. The zero-order chi connectivity index (χ0) is 13.3. The average molecular weight is 267 g/mol. The Balaban J connectivity index is 3.90. The third-order valence-corrected chi connectivity index (χ3v) is 4.33. The molecule has 1 atom stereocenters. The third-order valence-electron chi connectivity index (χ3n) is 2.17. The van der Waals surface area contributed by atoms with Gasteiger partial charge in [0.25, 0.3) is 0 Å². The Morgan fingerprint density at radius 1 is 1.29 bits per heavy atom. The van der Waals surface area contributed by atoms with Gasteiger partial charge in [0, 0.05) is 0 Å². The first-order valence-electron chi connectivity index (χ1n) is 5.81. The molecule has 6 nitrogen and oxygen atoms in total. The van der Waals surface area contributed by atoms with Crippen LogP contribution in [0.3, 0.4) is 0 Å². The summed E-state index contributed by atoms with van der Waals surface area (Å²) >= 11 is 0. The van der Waals surface area contributed by atoms with Gasteiger partial charge in [-0.15, -0.1) is 0 Å². The van der Waals surface area contributed by atoms with Gasteiger partial charge in [-0.3, -0.25) is 9.36 Å². The second-order valence-corrected chi connectivity index (χ2v) is 5.80. The molecule has 0 unspecified atom stereocenters. The molecule has 0 spiro atoms. The number of hydrogen-bond acceptors (Lipinski definition) is 5. The van der Waals surface area contributed by atoms with Crippen LogP contribution in [0.2, 0.25) is 0 Å². The third kappa shape index (κ3) is 7.49. The number of hydrogen-bond donors (Lipinski definition) is 2. The minimum absolute atomic E-state index is 0.307.